The standard InChI is InChI=1S/C33H26F4N4O2S2/c1-3-26(42)41-10-7-23-25(16-41)45-32(38-23)30-28(27-22(35)13-20(34)14-24(27)43-33(36)37)31-21(8-11-44-31)29(39-30)18-4-5-19-15-40(2)9-6-17(19)12-18/h3-5,8,11-14,33H,1,6-7,9-10,15-16H2,2H3. The van der Waals surface area contributed by atoms with Gasteiger partial charge < -0.3 is 14.5 Å². The maximum Gasteiger partial charge on any atom is 0.387 e. The van der Waals surface area contributed by atoms with E-state index in [2.05, 4.69) is 35.4 Å². The number of rotatable bonds is 6. The smallest absolute Gasteiger partial charge is 0.387 e. The van der Waals surface area contributed by atoms with Gasteiger partial charge in [0.2, 0.25) is 5.91 Å². The summed E-state index contributed by atoms with van der Waals surface area (Å²) in [4.78, 5) is 27.1. The molecule has 0 atom stereocenters. The van der Waals surface area contributed by atoms with Crippen molar-refractivity contribution in [2.75, 3.05) is 20.1 Å². The van der Waals surface area contributed by atoms with Gasteiger partial charge in [-0.2, -0.15) is 8.78 Å². The maximum absolute atomic E-state index is 15.8. The van der Waals surface area contributed by atoms with Gasteiger partial charge in [-0.15, -0.1) is 22.7 Å². The van der Waals surface area contributed by atoms with Crippen LogP contribution < -0.4 is 4.74 Å². The molecule has 0 radical (unpaired) electrons. The summed E-state index contributed by atoms with van der Waals surface area (Å²) in [6.45, 7) is 2.82. The molecule has 2 aliphatic rings. The Hall–Kier alpha value is -4.13. The molecule has 0 unspecified atom stereocenters. The van der Waals surface area contributed by atoms with E-state index in [0.29, 0.717) is 46.4 Å². The summed E-state index contributed by atoms with van der Waals surface area (Å²) in [5.74, 6) is -2.93. The monoisotopic (exact) mass is 650 g/mol. The lowest BCUT2D eigenvalue weighted by Crippen LogP contribution is -2.34. The van der Waals surface area contributed by atoms with Crippen LogP contribution in [0, 0.1) is 11.6 Å². The SMILES string of the molecule is C=CC(=O)N1CCc2nc(-c3nc(-c4ccc5c(c4)CCN(C)C5)c4ccsc4c3-c3c(F)cc(F)cc3OC(F)F)sc2C1. The van der Waals surface area contributed by atoms with Crippen molar-refractivity contribution in [1.82, 2.24) is 19.8 Å². The highest BCUT2D eigenvalue weighted by atomic mass is 32.1. The van der Waals surface area contributed by atoms with Gasteiger partial charge in [-0.25, -0.2) is 18.7 Å². The minimum absolute atomic E-state index is 0.196. The molecule has 2 aliphatic heterocycles. The van der Waals surface area contributed by atoms with E-state index in [1.54, 1.807) is 4.90 Å². The first-order valence-corrected chi connectivity index (χ1v) is 16.0. The van der Waals surface area contributed by atoms with Crippen LogP contribution in [0.25, 0.3) is 43.2 Å². The zero-order valence-corrected chi connectivity index (χ0v) is 25.7. The van der Waals surface area contributed by atoms with Crippen molar-refractivity contribution in [3.8, 4) is 38.8 Å². The van der Waals surface area contributed by atoms with E-state index in [9.17, 15) is 18.0 Å². The summed E-state index contributed by atoms with van der Waals surface area (Å²) < 4.78 is 62.5. The zero-order valence-electron chi connectivity index (χ0n) is 24.1. The largest absolute Gasteiger partial charge is 0.434 e. The number of likely N-dealkylation sites (N-methyl/N-ethyl adjacent to an activating group) is 1. The van der Waals surface area contributed by atoms with Gasteiger partial charge >= 0.3 is 6.61 Å². The number of halogens is 4. The molecule has 12 heteroatoms. The molecule has 0 aliphatic carbocycles. The molecule has 2 aromatic carbocycles. The van der Waals surface area contributed by atoms with Crippen LogP contribution >= 0.6 is 22.7 Å². The molecule has 0 saturated carbocycles. The number of amides is 1. The van der Waals surface area contributed by atoms with Crippen molar-refractivity contribution in [3.63, 3.8) is 0 Å². The van der Waals surface area contributed by atoms with Crippen LogP contribution in [0.2, 0.25) is 0 Å². The summed E-state index contributed by atoms with van der Waals surface area (Å²) in [5, 5.41) is 2.96. The summed E-state index contributed by atoms with van der Waals surface area (Å²) in [7, 11) is 2.08. The van der Waals surface area contributed by atoms with E-state index in [0.717, 1.165) is 41.7 Å². The minimum Gasteiger partial charge on any atom is -0.434 e. The number of alkyl halides is 2. The average molecular weight is 651 g/mol. The zero-order chi connectivity index (χ0) is 31.4. The number of pyridine rings is 1. The Labute approximate surface area is 264 Å². The van der Waals surface area contributed by atoms with Gasteiger partial charge in [0, 0.05) is 64.3 Å². The van der Waals surface area contributed by atoms with Crippen molar-refractivity contribution in [2.45, 2.75) is 32.5 Å². The fourth-order valence-electron chi connectivity index (χ4n) is 6.07. The number of thiophene rings is 1. The molecule has 230 valence electrons. The molecular formula is C33H26F4N4O2S2. The van der Waals surface area contributed by atoms with Crippen molar-refractivity contribution in [3.05, 3.63) is 87.8 Å². The second-order valence-electron chi connectivity index (χ2n) is 11.1. The second-order valence-corrected chi connectivity index (χ2v) is 13.1. The number of carbonyl (C=O) groups excluding carboxylic acids is 1. The first-order valence-electron chi connectivity index (χ1n) is 14.3. The van der Waals surface area contributed by atoms with Crippen LogP contribution in [0.5, 0.6) is 5.75 Å². The molecule has 0 spiro atoms. The molecule has 6 nitrogen and oxygen atoms in total. The number of fused-ring (bicyclic) bond motifs is 3. The molecule has 0 bridgehead atoms. The summed E-state index contributed by atoms with van der Waals surface area (Å²) in [6, 6.07) is 9.50. The van der Waals surface area contributed by atoms with Gasteiger partial charge in [0.1, 0.15) is 28.1 Å². The molecular weight excluding hydrogens is 625 g/mol. The van der Waals surface area contributed by atoms with Crippen LogP contribution in [0.15, 0.2) is 54.4 Å². The molecule has 5 heterocycles. The van der Waals surface area contributed by atoms with Gasteiger partial charge in [0.05, 0.1) is 23.5 Å². The van der Waals surface area contributed by atoms with Crippen LogP contribution in [0.4, 0.5) is 17.6 Å². The Morgan fingerprint density at radius 3 is 2.67 bits per heavy atom. The predicted octanol–water partition coefficient (Wildman–Crippen LogP) is 7.69. The van der Waals surface area contributed by atoms with Gasteiger partial charge in [-0.1, -0.05) is 18.7 Å². The van der Waals surface area contributed by atoms with Gasteiger partial charge in [0.15, 0.2) is 0 Å². The molecule has 5 aromatic rings. The maximum atomic E-state index is 15.8. The molecule has 0 fully saturated rings. The number of hydrogen-bond donors (Lipinski definition) is 0. The quantitative estimate of drug-likeness (QED) is 0.139. The lowest BCUT2D eigenvalue weighted by Gasteiger charge is -2.25. The Morgan fingerprint density at radius 1 is 1.02 bits per heavy atom. The first-order chi connectivity index (χ1) is 21.7. The number of thiazole rings is 1. The van der Waals surface area contributed by atoms with Crippen molar-refractivity contribution in [1.29, 1.82) is 0 Å². The van der Waals surface area contributed by atoms with E-state index in [-0.39, 0.29) is 22.7 Å². The third-order valence-corrected chi connectivity index (χ3v) is 10.2. The molecule has 0 N–H and O–H groups in total. The highest BCUT2D eigenvalue weighted by Gasteiger charge is 2.30. The molecule has 7 rings (SSSR count). The summed E-state index contributed by atoms with van der Waals surface area (Å²) >= 11 is 2.61. The van der Waals surface area contributed by atoms with Crippen LogP contribution in [-0.2, 0) is 30.7 Å². The minimum atomic E-state index is -3.31. The topological polar surface area (TPSA) is 58.6 Å². The third-order valence-electron chi connectivity index (χ3n) is 8.20. The van der Waals surface area contributed by atoms with Crippen molar-refractivity contribution >= 4 is 38.7 Å². The normalized spacial score (nSPS) is 14.9. The van der Waals surface area contributed by atoms with Crippen LogP contribution in [0.1, 0.15) is 21.7 Å². The highest BCUT2D eigenvalue weighted by molar-refractivity contribution is 7.18. The highest BCUT2D eigenvalue weighted by Crippen LogP contribution is 2.48. The summed E-state index contributed by atoms with van der Waals surface area (Å²) in [6.07, 6.45) is 2.65. The molecule has 3 aromatic heterocycles. The molecule has 0 saturated heterocycles. The fourth-order valence-corrected chi connectivity index (χ4v) is 8.14. The Balaban J connectivity index is 1.48. The summed E-state index contributed by atoms with van der Waals surface area (Å²) in [5.41, 5.74) is 4.89. The van der Waals surface area contributed by atoms with Crippen molar-refractivity contribution < 1.29 is 27.1 Å². The Bertz CT molecular complexity index is 1990. The number of nitrogens with zero attached hydrogens (tertiary/aromatic N) is 4. The first kappa shape index (κ1) is 29.6. The van der Waals surface area contributed by atoms with E-state index in [1.807, 2.05) is 17.5 Å². The lowest BCUT2D eigenvalue weighted by atomic mass is 9.94. The molecule has 1 amide bonds. The van der Waals surface area contributed by atoms with Crippen LogP contribution in [0.3, 0.4) is 0 Å². The number of hydrogen-bond acceptors (Lipinski definition) is 7. The van der Waals surface area contributed by atoms with Gasteiger partial charge in [0.25, 0.3) is 0 Å². The third kappa shape index (κ3) is 5.40. The number of ether oxygens (including phenoxy) is 1. The van der Waals surface area contributed by atoms with E-state index < -0.39 is 24.0 Å². The number of aromatic nitrogens is 2. The van der Waals surface area contributed by atoms with Crippen LogP contribution in [-0.4, -0.2) is 52.4 Å². The Kier molecular flexibility index (Phi) is 7.66. The fraction of sp³-hybridized carbons (Fsp3) is 0.242. The van der Waals surface area contributed by atoms with Gasteiger partial charge in [-0.05, 0) is 48.2 Å². The molecule has 45 heavy (non-hydrogen) atoms. The lowest BCUT2D eigenvalue weighted by molar-refractivity contribution is -0.126. The van der Waals surface area contributed by atoms with E-state index >= 15 is 4.39 Å². The second kappa shape index (κ2) is 11.7. The van der Waals surface area contributed by atoms with E-state index in [4.69, 9.17) is 9.97 Å². The van der Waals surface area contributed by atoms with Crippen molar-refractivity contribution in [2.24, 2.45) is 0 Å². The predicted molar refractivity (Wildman–Crippen MR) is 168 cm³/mol. The van der Waals surface area contributed by atoms with E-state index in [1.165, 1.54) is 39.9 Å². The van der Waals surface area contributed by atoms with Gasteiger partial charge in [-0.3, -0.25) is 4.79 Å². The number of benzene rings is 2. The average Bonchev–Trinajstić information content (AvgIpc) is 3.67. The number of carbonyl (C=O) groups is 1. The Morgan fingerprint density at radius 2 is 1.87 bits per heavy atom.